The van der Waals surface area contributed by atoms with E-state index in [1.54, 1.807) is 0 Å². The zero-order valence-corrected chi connectivity index (χ0v) is 12.2. The number of hydrogen-bond donors (Lipinski definition) is 1. The van der Waals surface area contributed by atoms with Crippen LogP contribution in [0.5, 0.6) is 0 Å². The summed E-state index contributed by atoms with van der Waals surface area (Å²) < 4.78 is 9.36. The number of aliphatic hydroxyl groups is 1. The number of aromatic nitrogens is 2. The molecule has 1 aromatic heterocycles. The first-order valence-electron chi connectivity index (χ1n) is 6.57. The van der Waals surface area contributed by atoms with Crippen LogP contribution < -0.4 is 0 Å². The molecule has 1 aliphatic rings. The van der Waals surface area contributed by atoms with Gasteiger partial charge in [-0.2, -0.15) is 0 Å². The number of ether oxygens (including phenoxy) is 1. The Labute approximate surface area is 113 Å². The van der Waals surface area contributed by atoms with Crippen LogP contribution in [-0.4, -0.2) is 27.9 Å². The SMILES string of the molecule is CC(C)(C)c1nnsc1C(O)CC1CCOCC1. The van der Waals surface area contributed by atoms with Crippen molar-refractivity contribution < 1.29 is 9.84 Å². The Hall–Kier alpha value is -0.520. The molecule has 0 radical (unpaired) electrons. The molecule has 1 unspecified atom stereocenters. The van der Waals surface area contributed by atoms with Crippen molar-refractivity contribution >= 4 is 11.5 Å². The van der Waals surface area contributed by atoms with Crippen LogP contribution in [0.1, 0.15) is 56.7 Å². The summed E-state index contributed by atoms with van der Waals surface area (Å²) in [7, 11) is 0. The second-order valence-corrected chi connectivity index (χ2v) is 6.83. The molecule has 5 heteroatoms. The molecule has 1 saturated heterocycles. The largest absolute Gasteiger partial charge is 0.387 e. The zero-order valence-electron chi connectivity index (χ0n) is 11.3. The lowest BCUT2D eigenvalue weighted by Crippen LogP contribution is -2.20. The molecule has 2 heterocycles. The molecule has 1 fully saturated rings. The lowest BCUT2D eigenvalue weighted by atomic mass is 9.87. The maximum atomic E-state index is 10.4. The topological polar surface area (TPSA) is 55.2 Å². The summed E-state index contributed by atoms with van der Waals surface area (Å²) in [5, 5.41) is 14.6. The van der Waals surface area contributed by atoms with E-state index in [0.29, 0.717) is 5.92 Å². The van der Waals surface area contributed by atoms with Gasteiger partial charge in [0.25, 0.3) is 0 Å². The van der Waals surface area contributed by atoms with E-state index in [2.05, 4.69) is 30.4 Å². The van der Waals surface area contributed by atoms with Gasteiger partial charge in [-0.05, 0) is 36.7 Å². The Morgan fingerprint density at radius 3 is 2.67 bits per heavy atom. The number of rotatable bonds is 3. The van der Waals surface area contributed by atoms with Gasteiger partial charge in [-0.25, -0.2) is 0 Å². The van der Waals surface area contributed by atoms with Gasteiger partial charge in [-0.3, -0.25) is 0 Å². The molecule has 18 heavy (non-hydrogen) atoms. The summed E-state index contributed by atoms with van der Waals surface area (Å²) >= 11 is 1.33. The quantitative estimate of drug-likeness (QED) is 0.917. The van der Waals surface area contributed by atoms with Gasteiger partial charge in [-0.15, -0.1) is 5.10 Å². The first-order chi connectivity index (χ1) is 8.48. The number of hydrogen-bond acceptors (Lipinski definition) is 5. The highest BCUT2D eigenvalue weighted by Gasteiger charge is 2.28. The molecule has 1 aromatic rings. The molecule has 0 aliphatic carbocycles. The van der Waals surface area contributed by atoms with Crippen molar-refractivity contribution in [1.29, 1.82) is 0 Å². The molecular formula is C13H22N2O2S. The molecule has 1 atom stereocenters. The lowest BCUT2D eigenvalue weighted by Gasteiger charge is -2.25. The van der Waals surface area contributed by atoms with E-state index in [-0.39, 0.29) is 5.41 Å². The Kier molecular flexibility index (Phi) is 4.35. The molecule has 0 bridgehead atoms. The number of nitrogens with zero attached hydrogens (tertiary/aromatic N) is 2. The average molecular weight is 270 g/mol. The monoisotopic (exact) mass is 270 g/mol. The first-order valence-corrected chi connectivity index (χ1v) is 7.34. The summed E-state index contributed by atoms with van der Waals surface area (Å²) in [5.41, 5.74) is 0.881. The second-order valence-electron chi connectivity index (χ2n) is 6.04. The van der Waals surface area contributed by atoms with Crippen molar-refractivity contribution in [1.82, 2.24) is 9.59 Å². The van der Waals surface area contributed by atoms with Crippen LogP contribution in [0.15, 0.2) is 0 Å². The molecule has 1 aliphatic heterocycles. The van der Waals surface area contributed by atoms with E-state index in [9.17, 15) is 5.11 Å². The van der Waals surface area contributed by atoms with Gasteiger partial charge in [0.1, 0.15) is 0 Å². The summed E-state index contributed by atoms with van der Waals surface area (Å²) in [6.45, 7) is 7.96. The van der Waals surface area contributed by atoms with Gasteiger partial charge in [0, 0.05) is 18.6 Å². The van der Waals surface area contributed by atoms with Crippen LogP contribution in [-0.2, 0) is 10.2 Å². The van der Waals surface area contributed by atoms with Crippen LogP contribution in [0.4, 0.5) is 0 Å². The van der Waals surface area contributed by atoms with Crippen LogP contribution >= 0.6 is 11.5 Å². The molecule has 1 N–H and O–H groups in total. The van der Waals surface area contributed by atoms with E-state index >= 15 is 0 Å². The highest BCUT2D eigenvalue weighted by atomic mass is 32.1. The minimum Gasteiger partial charge on any atom is -0.387 e. The van der Waals surface area contributed by atoms with Gasteiger partial charge in [-0.1, -0.05) is 25.3 Å². The molecule has 4 nitrogen and oxygen atoms in total. The first kappa shape index (κ1) is 13.9. The van der Waals surface area contributed by atoms with E-state index < -0.39 is 6.10 Å². The third-order valence-corrected chi connectivity index (χ3v) is 4.25. The van der Waals surface area contributed by atoms with Crippen LogP contribution in [0.3, 0.4) is 0 Å². The van der Waals surface area contributed by atoms with Crippen LogP contribution in [0, 0.1) is 5.92 Å². The summed E-state index contributed by atoms with van der Waals surface area (Å²) in [4.78, 5) is 0.939. The van der Waals surface area contributed by atoms with Crippen molar-refractivity contribution in [2.45, 2.75) is 51.6 Å². The van der Waals surface area contributed by atoms with Gasteiger partial charge >= 0.3 is 0 Å². The van der Waals surface area contributed by atoms with E-state index in [1.165, 1.54) is 11.5 Å². The summed E-state index contributed by atoms with van der Waals surface area (Å²) in [6, 6.07) is 0. The van der Waals surface area contributed by atoms with Crippen molar-refractivity contribution in [3.63, 3.8) is 0 Å². The minimum absolute atomic E-state index is 0.0566. The molecular weight excluding hydrogens is 248 g/mol. The highest BCUT2D eigenvalue weighted by Crippen LogP contribution is 2.34. The van der Waals surface area contributed by atoms with Crippen molar-refractivity contribution in [3.8, 4) is 0 Å². The van der Waals surface area contributed by atoms with Crippen LogP contribution in [0.2, 0.25) is 0 Å². The minimum atomic E-state index is -0.428. The van der Waals surface area contributed by atoms with Crippen molar-refractivity contribution in [3.05, 3.63) is 10.6 Å². The van der Waals surface area contributed by atoms with Gasteiger partial charge in [0.05, 0.1) is 16.7 Å². The Bertz CT molecular complexity index is 381. The normalized spacial score (nSPS) is 20.0. The predicted molar refractivity (Wildman–Crippen MR) is 71.7 cm³/mol. The maximum absolute atomic E-state index is 10.4. The average Bonchev–Trinajstić information content (AvgIpc) is 2.79. The molecule has 0 spiro atoms. The molecule has 0 amide bonds. The van der Waals surface area contributed by atoms with Crippen LogP contribution in [0.25, 0.3) is 0 Å². The third kappa shape index (κ3) is 3.28. The summed E-state index contributed by atoms with van der Waals surface area (Å²) in [6.07, 6.45) is 2.47. The Balaban J connectivity index is 2.04. The second kappa shape index (κ2) is 5.63. The van der Waals surface area contributed by atoms with Gasteiger partial charge < -0.3 is 9.84 Å². The Morgan fingerprint density at radius 2 is 2.06 bits per heavy atom. The van der Waals surface area contributed by atoms with Gasteiger partial charge in [0.15, 0.2) is 0 Å². The standard InChI is InChI=1S/C13H22N2O2S/c1-13(2,3)12-11(18-15-14-12)10(16)8-9-4-6-17-7-5-9/h9-10,16H,4-8H2,1-3H3. The summed E-state index contributed by atoms with van der Waals surface area (Å²) in [5.74, 6) is 0.559. The smallest absolute Gasteiger partial charge is 0.0920 e. The molecule has 2 rings (SSSR count). The van der Waals surface area contributed by atoms with E-state index in [0.717, 1.165) is 43.0 Å². The van der Waals surface area contributed by atoms with Gasteiger partial charge in [0.2, 0.25) is 0 Å². The van der Waals surface area contributed by atoms with Crippen molar-refractivity contribution in [2.75, 3.05) is 13.2 Å². The van der Waals surface area contributed by atoms with E-state index in [1.807, 2.05) is 0 Å². The Morgan fingerprint density at radius 1 is 1.39 bits per heavy atom. The third-order valence-electron chi connectivity index (χ3n) is 3.42. The highest BCUT2D eigenvalue weighted by molar-refractivity contribution is 7.05. The lowest BCUT2D eigenvalue weighted by molar-refractivity contribution is 0.0438. The number of aliphatic hydroxyl groups excluding tert-OH is 1. The predicted octanol–water partition coefficient (Wildman–Crippen LogP) is 2.69. The van der Waals surface area contributed by atoms with Crippen molar-refractivity contribution in [2.24, 2.45) is 5.92 Å². The molecule has 0 saturated carbocycles. The fourth-order valence-corrected chi connectivity index (χ4v) is 3.20. The molecule has 102 valence electrons. The fraction of sp³-hybridized carbons (Fsp3) is 0.846. The zero-order chi connectivity index (χ0) is 13.2. The molecule has 0 aromatic carbocycles. The maximum Gasteiger partial charge on any atom is 0.0920 e. The fourth-order valence-electron chi connectivity index (χ4n) is 2.34. The van der Waals surface area contributed by atoms with E-state index in [4.69, 9.17) is 4.74 Å².